The molecule has 8 nitrogen and oxygen atoms in total. The molecule has 1 amide bonds. The molecule has 0 aliphatic heterocycles. The number of rotatable bonds is 10. The zero-order valence-electron chi connectivity index (χ0n) is 19.5. The molecular formula is C27H25FN6O2. The van der Waals surface area contributed by atoms with E-state index in [4.69, 9.17) is 11.1 Å². The van der Waals surface area contributed by atoms with E-state index in [9.17, 15) is 14.0 Å². The molecule has 1 aromatic heterocycles. The smallest absolute Gasteiger partial charge is 0.250 e. The van der Waals surface area contributed by atoms with Crippen LogP contribution in [-0.2, 0) is 4.79 Å². The van der Waals surface area contributed by atoms with Gasteiger partial charge in [0, 0.05) is 23.4 Å². The molecule has 0 atom stereocenters. The molecule has 182 valence electrons. The molecule has 1 aliphatic carbocycles. The molecule has 1 fully saturated rings. The number of carbonyl (C=O) groups excluding carboxylic acids is 2. The van der Waals surface area contributed by atoms with Gasteiger partial charge in [-0.05, 0) is 55.3 Å². The third-order valence-electron chi connectivity index (χ3n) is 5.99. The molecule has 9 heteroatoms. The summed E-state index contributed by atoms with van der Waals surface area (Å²) in [5.41, 5.74) is 6.58. The summed E-state index contributed by atoms with van der Waals surface area (Å²) in [7, 11) is 0. The Morgan fingerprint density at radius 3 is 2.44 bits per heavy atom. The van der Waals surface area contributed by atoms with Crippen molar-refractivity contribution < 1.29 is 14.0 Å². The number of para-hydroxylation sites is 1. The molecule has 0 unspecified atom stereocenters. The van der Waals surface area contributed by atoms with Crippen molar-refractivity contribution >= 4 is 34.7 Å². The van der Waals surface area contributed by atoms with Gasteiger partial charge in [0.05, 0.1) is 16.8 Å². The van der Waals surface area contributed by atoms with Crippen LogP contribution in [0.2, 0.25) is 0 Å². The number of anilines is 3. The molecule has 1 saturated carbocycles. The Bertz CT molecular complexity index is 1370. The first-order valence-corrected chi connectivity index (χ1v) is 11.2. The van der Waals surface area contributed by atoms with Crippen LogP contribution in [0.1, 0.15) is 34.3 Å². The molecule has 4 N–H and O–H groups in total. The van der Waals surface area contributed by atoms with E-state index in [1.54, 1.807) is 4.90 Å². The van der Waals surface area contributed by atoms with Gasteiger partial charge in [0.1, 0.15) is 23.8 Å². The number of benzene rings is 2. The Balaban J connectivity index is 1.67. The summed E-state index contributed by atoms with van der Waals surface area (Å²) in [4.78, 5) is 34.7. The minimum atomic E-state index is -0.674. The third kappa shape index (κ3) is 5.05. The highest BCUT2D eigenvalue weighted by atomic mass is 19.1. The average Bonchev–Trinajstić information content (AvgIpc) is 3.65. The number of hydrogen-bond donors (Lipinski definition) is 3. The van der Waals surface area contributed by atoms with E-state index in [0.29, 0.717) is 6.54 Å². The van der Waals surface area contributed by atoms with Crippen LogP contribution < -0.4 is 16.0 Å². The summed E-state index contributed by atoms with van der Waals surface area (Å²) in [5.74, 6) is -1.08. The lowest BCUT2D eigenvalue weighted by molar-refractivity contribution is -0.114. The van der Waals surface area contributed by atoms with Gasteiger partial charge < -0.3 is 16.0 Å². The van der Waals surface area contributed by atoms with Crippen molar-refractivity contribution in [3.63, 3.8) is 0 Å². The Labute approximate surface area is 207 Å². The predicted molar refractivity (Wildman–Crippen MR) is 138 cm³/mol. The first-order chi connectivity index (χ1) is 17.3. The Kier molecular flexibility index (Phi) is 6.73. The Morgan fingerprint density at radius 2 is 1.81 bits per heavy atom. The van der Waals surface area contributed by atoms with Crippen molar-refractivity contribution in [1.29, 1.82) is 5.41 Å². The van der Waals surface area contributed by atoms with Crippen molar-refractivity contribution in [3.05, 3.63) is 103 Å². The molecule has 0 spiro atoms. The standard InChI is InChI=1S/C27H25FN6O2/c1-3-21(35)17-12-18(14-19(28)13-17)24(29)23-25(30)31-16-32-26(23)33-27(10-11-27)15-34(22(36)4-2)20-8-6-5-7-9-20/h3-9,12-14,16,29H,1-2,10-11,15H2,(H3,30,31,32,33). The zero-order valence-corrected chi connectivity index (χ0v) is 19.5. The van der Waals surface area contributed by atoms with Crippen molar-refractivity contribution in [3.8, 4) is 0 Å². The second-order valence-electron chi connectivity index (χ2n) is 8.52. The normalized spacial score (nSPS) is 13.4. The summed E-state index contributed by atoms with van der Waals surface area (Å²) < 4.78 is 14.3. The van der Waals surface area contributed by atoms with E-state index in [1.807, 2.05) is 30.3 Å². The van der Waals surface area contributed by atoms with E-state index in [2.05, 4.69) is 28.4 Å². The maximum Gasteiger partial charge on any atom is 0.250 e. The number of amides is 1. The fourth-order valence-corrected chi connectivity index (χ4v) is 3.92. The molecule has 2 aromatic carbocycles. The summed E-state index contributed by atoms with van der Waals surface area (Å²) in [6.45, 7) is 7.38. The first-order valence-electron chi connectivity index (χ1n) is 11.2. The quantitative estimate of drug-likeness (QED) is 0.226. The van der Waals surface area contributed by atoms with Crippen LogP contribution in [0.15, 0.2) is 80.2 Å². The van der Waals surface area contributed by atoms with Crippen molar-refractivity contribution in [1.82, 2.24) is 9.97 Å². The number of halogens is 1. The molecule has 0 saturated heterocycles. The van der Waals surface area contributed by atoms with Crippen LogP contribution >= 0.6 is 0 Å². The van der Waals surface area contributed by atoms with Crippen LogP contribution in [0.5, 0.6) is 0 Å². The number of nitrogens with two attached hydrogens (primary N) is 1. The number of nitrogens with zero attached hydrogens (tertiary/aromatic N) is 3. The number of nitrogen functional groups attached to an aromatic ring is 1. The van der Waals surface area contributed by atoms with E-state index in [1.165, 1.54) is 18.5 Å². The van der Waals surface area contributed by atoms with E-state index in [0.717, 1.165) is 36.7 Å². The monoisotopic (exact) mass is 484 g/mol. The summed E-state index contributed by atoms with van der Waals surface area (Å²) in [5, 5.41) is 12.1. The lowest BCUT2D eigenvalue weighted by atomic mass is 9.99. The molecule has 1 aliphatic rings. The second-order valence-corrected chi connectivity index (χ2v) is 8.52. The van der Waals surface area contributed by atoms with Crippen molar-refractivity contribution in [2.75, 3.05) is 22.5 Å². The zero-order chi connectivity index (χ0) is 25.9. The van der Waals surface area contributed by atoms with Crippen LogP contribution in [0.4, 0.5) is 21.7 Å². The second kappa shape index (κ2) is 9.91. The SMILES string of the molecule is C=CC(=O)c1cc(F)cc(C(=N)c2c(N)ncnc2NC2(CN(C(=O)C=C)c3ccccc3)CC2)c1. The first kappa shape index (κ1) is 24.5. The van der Waals surface area contributed by atoms with Gasteiger partial charge in [-0.1, -0.05) is 31.4 Å². The number of nitrogens with one attached hydrogen (secondary N) is 2. The number of carbonyl (C=O) groups is 2. The van der Waals surface area contributed by atoms with Crippen molar-refractivity contribution in [2.24, 2.45) is 0 Å². The molecule has 4 rings (SSSR count). The predicted octanol–water partition coefficient (Wildman–Crippen LogP) is 4.15. The van der Waals surface area contributed by atoms with Gasteiger partial charge in [-0.2, -0.15) is 0 Å². The molecule has 0 bridgehead atoms. The largest absolute Gasteiger partial charge is 0.383 e. The van der Waals surface area contributed by atoms with Gasteiger partial charge in [0.2, 0.25) is 5.91 Å². The number of allylic oxidation sites excluding steroid dienone is 1. The third-order valence-corrected chi connectivity index (χ3v) is 5.99. The summed E-state index contributed by atoms with van der Waals surface area (Å²) in [6, 6.07) is 12.9. The minimum Gasteiger partial charge on any atom is -0.383 e. The van der Waals surface area contributed by atoms with Crippen LogP contribution in [0, 0.1) is 11.2 Å². The summed E-state index contributed by atoms with van der Waals surface area (Å²) >= 11 is 0. The lowest BCUT2D eigenvalue weighted by Gasteiger charge is -2.28. The van der Waals surface area contributed by atoms with E-state index in [-0.39, 0.29) is 39.9 Å². The van der Waals surface area contributed by atoms with Gasteiger partial charge in [-0.25, -0.2) is 14.4 Å². The van der Waals surface area contributed by atoms with Gasteiger partial charge in [0.15, 0.2) is 5.78 Å². The van der Waals surface area contributed by atoms with Gasteiger partial charge >= 0.3 is 0 Å². The van der Waals surface area contributed by atoms with Crippen LogP contribution in [0.25, 0.3) is 0 Å². The fraction of sp³-hybridized carbons (Fsp3) is 0.148. The maximum atomic E-state index is 14.3. The molecule has 3 aromatic rings. The number of aromatic nitrogens is 2. The van der Waals surface area contributed by atoms with E-state index < -0.39 is 17.1 Å². The molecule has 36 heavy (non-hydrogen) atoms. The Morgan fingerprint density at radius 1 is 1.11 bits per heavy atom. The Hall–Kier alpha value is -4.66. The minimum absolute atomic E-state index is 0.0243. The van der Waals surface area contributed by atoms with Crippen LogP contribution in [-0.4, -0.2) is 39.5 Å². The topological polar surface area (TPSA) is 125 Å². The van der Waals surface area contributed by atoms with Crippen LogP contribution in [0.3, 0.4) is 0 Å². The molecule has 1 heterocycles. The van der Waals surface area contributed by atoms with Crippen molar-refractivity contribution in [2.45, 2.75) is 18.4 Å². The highest BCUT2D eigenvalue weighted by molar-refractivity contribution is 6.17. The maximum absolute atomic E-state index is 14.3. The number of hydrogen-bond acceptors (Lipinski definition) is 7. The number of ketones is 1. The summed E-state index contributed by atoms with van der Waals surface area (Å²) in [6.07, 6.45) is 5.10. The van der Waals surface area contributed by atoms with Gasteiger partial charge in [-0.15, -0.1) is 0 Å². The highest BCUT2D eigenvalue weighted by Gasteiger charge is 2.46. The lowest BCUT2D eigenvalue weighted by Crippen LogP contribution is -2.42. The molecular weight excluding hydrogens is 459 g/mol. The average molecular weight is 485 g/mol. The fourth-order valence-electron chi connectivity index (χ4n) is 3.92. The molecule has 0 radical (unpaired) electrons. The van der Waals surface area contributed by atoms with Gasteiger partial charge in [0.25, 0.3) is 0 Å². The highest BCUT2D eigenvalue weighted by Crippen LogP contribution is 2.41. The van der Waals surface area contributed by atoms with E-state index >= 15 is 0 Å². The van der Waals surface area contributed by atoms with Gasteiger partial charge in [-0.3, -0.25) is 15.0 Å².